The van der Waals surface area contributed by atoms with Crippen molar-refractivity contribution in [3.8, 4) is 0 Å². The van der Waals surface area contributed by atoms with Crippen LogP contribution in [-0.4, -0.2) is 25.0 Å². The van der Waals surface area contributed by atoms with E-state index in [4.69, 9.17) is 5.73 Å². The summed E-state index contributed by atoms with van der Waals surface area (Å²) in [7, 11) is 2.17. The molecule has 0 fully saturated rings. The Bertz CT molecular complexity index is 453. The summed E-state index contributed by atoms with van der Waals surface area (Å²) < 4.78 is 0. The molecular weight excluding hydrogens is 252 g/mol. The molecule has 0 radical (unpaired) electrons. The van der Waals surface area contributed by atoms with Crippen molar-refractivity contribution in [1.82, 2.24) is 4.90 Å². The molecule has 1 aromatic carbocycles. The lowest BCUT2D eigenvalue weighted by molar-refractivity contribution is 0.248. The average Bonchev–Trinajstić information content (AvgIpc) is 2.95. The van der Waals surface area contributed by atoms with Crippen molar-refractivity contribution in [3.05, 3.63) is 58.3 Å². The molecule has 1 heterocycles. The standard InChI is InChI=1S/C16H22N2S/c1-18(16(12-17)15-9-11-19-13-15)10-5-8-14-6-3-2-4-7-14/h2-4,6-7,9,11,13,16H,5,8,10,12,17H2,1H3. The number of benzene rings is 1. The van der Waals surface area contributed by atoms with E-state index >= 15 is 0 Å². The minimum absolute atomic E-state index is 0.349. The van der Waals surface area contributed by atoms with Gasteiger partial charge in [0, 0.05) is 12.6 Å². The minimum atomic E-state index is 0.349. The predicted octanol–water partition coefficient (Wildman–Crippen LogP) is 3.31. The van der Waals surface area contributed by atoms with E-state index in [9.17, 15) is 0 Å². The highest BCUT2D eigenvalue weighted by molar-refractivity contribution is 7.07. The van der Waals surface area contributed by atoms with Crippen LogP contribution in [-0.2, 0) is 6.42 Å². The Morgan fingerprint density at radius 1 is 1.21 bits per heavy atom. The topological polar surface area (TPSA) is 29.3 Å². The van der Waals surface area contributed by atoms with Gasteiger partial charge in [-0.3, -0.25) is 4.90 Å². The van der Waals surface area contributed by atoms with Crippen molar-refractivity contribution in [1.29, 1.82) is 0 Å². The van der Waals surface area contributed by atoms with Gasteiger partial charge in [0.05, 0.1) is 0 Å². The van der Waals surface area contributed by atoms with Crippen molar-refractivity contribution in [2.45, 2.75) is 18.9 Å². The maximum Gasteiger partial charge on any atom is 0.0475 e. The van der Waals surface area contributed by atoms with Crippen LogP contribution in [0.25, 0.3) is 0 Å². The van der Waals surface area contributed by atoms with Gasteiger partial charge < -0.3 is 5.73 Å². The highest BCUT2D eigenvalue weighted by Gasteiger charge is 2.15. The molecule has 2 rings (SSSR count). The first-order valence-electron chi connectivity index (χ1n) is 6.77. The number of likely N-dealkylation sites (N-methyl/N-ethyl adjacent to an activating group) is 1. The molecule has 2 nitrogen and oxygen atoms in total. The molecule has 0 aliphatic rings. The first-order chi connectivity index (χ1) is 9.31. The molecule has 102 valence electrons. The molecule has 0 bridgehead atoms. The van der Waals surface area contributed by atoms with Crippen LogP contribution in [0.1, 0.15) is 23.6 Å². The zero-order valence-corrected chi connectivity index (χ0v) is 12.3. The van der Waals surface area contributed by atoms with Crippen LogP contribution in [0.3, 0.4) is 0 Å². The van der Waals surface area contributed by atoms with Gasteiger partial charge in [-0.05, 0) is 54.4 Å². The number of hydrogen-bond donors (Lipinski definition) is 1. The molecule has 0 amide bonds. The third-order valence-corrected chi connectivity index (χ3v) is 4.20. The van der Waals surface area contributed by atoms with Gasteiger partial charge in [0.15, 0.2) is 0 Å². The number of nitrogens with zero attached hydrogens (tertiary/aromatic N) is 1. The van der Waals surface area contributed by atoms with E-state index in [1.807, 2.05) is 0 Å². The summed E-state index contributed by atoms with van der Waals surface area (Å²) in [4.78, 5) is 2.37. The zero-order chi connectivity index (χ0) is 13.5. The average molecular weight is 274 g/mol. The lowest BCUT2D eigenvalue weighted by Crippen LogP contribution is -2.31. The number of nitrogens with two attached hydrogens (primary N) is 1. The second-order valence-corrected chi connectivity index (χ2v) is 5.66. The molecule has 0 aliphatic heterocycles. The Balaban J connectivity index is 1.82. The van der Waals surface area contributed by atoms with Crippen LogP contribution in [0, 0.1) is 0 Å². The summed E-state index contributed by atoms with van der Waals surface area (Å²) in [6.45, 7) is 1.76. The summed E-state index contributed by atoms with van der Waals surface area (Å²) in [5.41, 5.74) is 8.67. The third-order valence-electron chi connectivity index (χ3n) is 3.50. The molecule has 0 saturated heterocycles. The summed E-state index contributed by atoms with van der Waals surface area (Å²) >= 11 is 1.74. The van der Waals surface area contributed by atoms with Gasteiger partial charge in [0.25, 0.3) is 0 Å². The maximum absolute atomic E-state index is 5.91. The van der Waals surface area contributed by atoms with Crippen LogP contribution < -0.4 is 5.73 Å². The molecule has 0 spiro atoms. The van der Waals surface area contributed by atoms with Crippen LogP contribution in [0.4, 0.5) is 0 Å². The summed E-state index contributed by atoms with van der Waals surface area (Å²) in [6.07, 6.45) is 2.30. The first kappa shape index (κ1) is 14.3. The normalized spacial score (nSPS) is 12.8. The molecule has 0 saturated carbocycles. The van der Waals surface area contributed by atoms with Crippen molar-refractivity contribution in [2.75, 3.05) is 20.1 Å². The fourth-order valence-corrected chi connectivity index (χ4v) is 3.08. The first-order valence-corrected chi connectivity index (χ1v) is 7.72. The molecule has 1 unspecified atom stereocenters. The highest BCUT2D eigenvalue weighted by atomic mass is 32.1. The van der Waals surface area contributed by atoms with E-state index < -0.39 is 0 Å². The van der Waals surface area contributed by atoms with Gasteiger partial charge in [-0.2, -0.15) is 11.3 Å². The van der Waals surface area contributed by atoms with Crippen molar-refractivity contribution in [3.63, 3.8) is 0 Å². The summed E-state index contributed by atoms with van der Waals surface area (Å²) in [5.74, 6) is 0. The lowest BCUT2D eigenvalue weighted by Gasteiger charge is -2.26. The summed E-state index contributed by atoms with van der Waals surface area (Å²) in [5, 5.41) is 4.32. The van der Waals surface area contributed by atoms with Crippen molar-refractivity contribution >= 4 is 11.3 Å². The molecule has 0 aliphatic carbocycles. The third kappa shape index (κ3) is 4.16. The van der Waals surface area contributed by atoms with Crippen molar-refractivity contribution < 1.29 is 0 Å². The van der Waals surface area contributed by atoms with E-state index in [1.54, 1.807) is 11.3 Å². The second kappa shape index (κ2) is 7.43. The van der Waals surface area contributed by atoms with Gasteiger partial charge >= 0.3 is 0 Å². The van der Waals surface area contributed by atoms with Gasteiger partial charge in [-0.1, -0.05) is 30.3 Å². The number of aryl methyl sites for hydroxylation is 1. The fourth-order valence-electron chi connectivity index (χ4n) is 2.37. The number of thiophene rings is 1. The quantitative estimate of drug-likeness (QED) is 0.839. The SMILES string of the molecule is CN(CCCc1ccccc1)C(CN)c1ccsc1. The van der Waals surface area contributed by atoms with Gasteiger partial charge in [-0.15, -0.1) is 0 Å². The van der Waals surface area contributed by atoms with E-state index in [-0.39, 0.29) is 0 Å². The van der Waals surface area contributed by atoms with Gasteiger partial charge in [-0.25, -0.2) is 0 Å². The van der Waals surface area contributed by atoms with Crippen molar-refractivity contribution in [2.24, 2.45) is 5.73 Å². The predicted molar refractivity (Wildman–Crippen MR) is 83.5 cm³/mol. The molecule has 1 atom stereocenters. The van der Waals surface area contributed by atoms with Gasteiger partial charge in [0.2, 0.25) is 0 Å². The van der Waals surface area contributed by atoms with E-state index in [0.29, 0.717) is 12.6 Å². The minimum Gasteiger partial charge on any atom is -0.329 e. The molecule has 3 heteroatoms. The van der Waals surface area contributed by atoms with Crippen LogP contribution >= 0.6 is 11.3 Å². The van der Waals surface area contributed by atoms with Crippen LogP contribution in [0.2, 0.25) is 0 Å². The lowest BCUT2D eigenvalue weighted by atomic mass is 10.1. The van der Waals surface area contributed by atoms with Gasteiger partial charge in [0.1, 0.15) is 0 Å². The highest BCUT2D eigenvalue weighted by Crippen LogP contribution is 2.21. The van der Waals surface area contributed by atoms with E-state index in [2.05, 4.69) is 59.1 Å². The zero-order valence-electron chi connectivity index (χ0n) is 11.5. The van der Waals surface area contributed by atoms with Crippen LogP contribution in [0.5, 0.6) is 0 Å². The molecule has 2 N–H and O–H groups in total. The fraction of sp³-hybridized carbons (Fsp3) is 0.375. The smallest absolute Gasteiger partial charge is 0.0475 e. The Morgan fingerprint density at radius 2 is 2.00 bits per heavy atom. The molecule has 1 aromatic heterocycles. The Labute approximate surface area is 119 Å². The Hall–Kier alpha value is -1.16. The Morgan fingerprint density at radius 3 is 2.63 bits per heavy atom. The molecular formula is C16H22N2S. The Kier molecular flexibility index (Phi) is 5.58. The number of hydrogen-bond acceptors (Lipinski definition) is 3. The number of rotatable bonds is 7. The summed E-state index contributed by atoms with van der Waals surface area (Å²) in [6, 6.07) is 13.2. The maximum atomic E-state index is 5.91. The second-order valence-electron chi connectivity index (χ2n) is 4.88. The van der Waals surface area contributed by atoms with E-state index in [1.165, 1.54) is 17.5 Å². The molecule has 2 aromatic rings. The van der Waals surface area contributed by atoms with Crippen LogP contribution in [0.15, 0.2) is 47.2 Å². The largest absolute Gasteiger partial charge is 0.329 e. The molecule has 19 heavy (non-hydrogen) atoms. The monoisotopic (exact) mass is 274 g/mol. The van der Waals surface area contributed by atoms with E-state index in [0.717, 1.165) is 13.0 Å².